The fourth-order valence-electron chi connectivity index (χ4n) is 2.48. The van der Waals surface area contributed by atoms with Crippen molar-refractivity contribution in [2.24, 2.45) is 5.10 Å². The number of carbonyl (C=O) groups is 1. The van der Waals surface area contributed by atoms with Crippen LogP contribution in [-0.4, -0.2) is 28.8 Å². The Balaban J connectivity index is 1.74. The number of hydrogen-bond acceptors (Lipinski definition) is 6. The number of benzene rings is 1. The molecule has 0 spiro atoms. The van der Waals surface area contributed by atoms with Crippen molar-refractivity contribution in [2.45, 2.75) is 13.5 Å². The van der Waals surface area contributed by atoms with Gasteiger partial charge in [-0.3, -0.25) is 4.98 Å². The minimum Gasteiger partial charge on any atom is -0.396 e. The van der Waals surface area contributed by atoms with E-state index in [0.29, 0.717) is 29.5 Å². The van der Waals surface area contributed by atoms with Crippen LogP contribution in [0.25, 0.3) is 10.9 Å². The molecule has 0 saturated heterocycles. The van der Waals surface area contributed by atoms with Gasteiger partial charge in [-0.15, -0.1) is 0 Å². The van der Waals surface area contributed by atoms with Gasteiger partial charge in [0.2, 0.25) is 0 Å². The molecule has 0 atom stereocenters. The number of anilines is 2. The van der Waals surface area contributed by atoms with Crippen molar-refractivity contribution >= 4 is 34.2 Å². The number of urea groups is 1. The number of amides is 2. The van der Waals surface area contributed by atoms with E-state index in [-0.39, 0.29) is 0 Å². The molecule has 0 radical (unpaired) electrons. The zero-order valence-corrected chi connectivity index (χ0v) is 15.2. The first-order valence-electron chi connectivity index (χ1n) is 8.43. The number of carbonyl (C=O) groups excluding carboxylic acids is 1. The molecule has 0 saturated carbocycles. The van der Waals surface area contributed by atoms with Crippen LogP contribution in [-0.2, 0) is 6.54 Å². The Morgan fingerprint density at radius 1 is 1.22 bits per heavy atom. The van der Waals surface area contributed by atoms with Gasteiger partial charge in [-0.1, -0.05) is 12.1 Å². The Bertz CT molecular complexity index is 1000. The van der Waals surface area contributed by atoms with Gasteiger partial charge in [0, 0.05) is 25.2 Å². The molecule has 8 heteroatoms. The first-order valence-corrected chi connectivity index (χ1v) is 8.43. The molecule has 0 aliphatic heterocycles. The maximum Gasteiger partial charge on any atom is 0.334 e. The SMILES string of the molecule is CNC(=O)NN=C(C)c1ccc(N)c(NCc2ccc3ncccc3c2)n1. The summed E-state index contributed by atoms with van der Waals surface area (Å²) in [6, 6.07) is 13.1. The highest BCUT2D eigenvalue weighted by atomic mass is 16.2. The van der Waals surface area contributed by atoms with Crippen molar-refractivity contribution in [3.8, 4) is 0 Å². The summed E-state index contributed by atoms with van der Waals surface area (Å²) >= 11 is 0. The molecule has 1 aromatic carbocycles. The third-order valence-corrected chi connectivity index (χ3v) is 3.98. The molecular formula is C19H21N7O. The van der Waals surface area contributed by atoms with Crippen LogP contribution in [0.1, 0.15) is 18.2 Å². The van der Waals surface area contributed by atoms with Crippen LogP contribution in [0.5, 0.6) is 0 Å². The molecule has 3 aromatic rings. The topological polar surface area (TPSA) is 117 Å². The van der Waals surface area contributed by atoms with Crippen LogP contribution in [0.4, 0.5) is 16.3 Å². The number of nitrogens with one attached hydrogen (secondary N) is 3. The lowest BCUT2D eigenvalue weighted by Crippen LogP contribution is -2.29. The lowest BCUT2D eigenvalue weighted by molar-refractivity contribution is 0.243. The minimum absolute atomic E-state index is 0.395. The van der Waals surface area contributed by atoms with E-state index in [9.17, 15) is 4.79 Å². The number of hydrazone groups is 1. The van der Waals surface area contributed by atoms with Crippen molar-refractivity contribution < 1.29 is 4.79 Å². The molecule has 138 valence electrons. The molecule has 0 aliphatic carbocycles. The van der Waals surface area contributed by atoms with Crippen LogP contribution < -0.4 is 21.8 Å². The zero-order chi connectivity index (χ0) is 19.2. The highest BCUT2D eigenvalue weighted by molar-refractivity contribution is 5.98. The Morgan fingerprint density at radius 2 is 2.07 bits per heavy atom. The van der Waals surface area contributed by atoms with Gasteiger partial charge < -0.3 is 16.4 Å². The second kappa shape index (κ2) is 8.13. The fourth-order valence-corrected chi connectivity index (χ4v) is 2.48. The number of fused-ring (bicyclic) bond motifs is 1. The molecule has 2 heterocycles. The summed E-state index contributed by atoms with van der Waals surface area (Å²) in [4.78, 5) is 20.1. The van der Waals surface area contributed by atoms with E-state index in [1.54, 1.807) is 25.3 Å². The summed E-state index contributed by atoms with van der Waals surface area (Å²) in [6.07, 6.45) is 1.78. The first kappa shape index (κ1) is 18.1. The van der Waals surface area contributed by atoms with Crippen molar-refractivity contribution in [1.29, 1.82) is 0 Å². The van der Waals surface area contributed by atoms with E-state index in [0.717, 1.165) is 16.5 Å². The minimum atomic E-state index is -0.395. The maximum atomic E-state index is 11.2. The van der Waals surface area contributed by atoms with Crippen LogP contribution in [0.15, 0.2) is 53.8 Å². The molecular weight excluding hydrogens is 342 g/mol. The van der Waals surface area contributed by atoms with Crippen molar-refractivity contribution in [2.75, 3.05) is 18.1 Å². The summed E-state index contributed by atoms with van der Waals surface area (Å²) in [5.41, 5.74) is 12.2. The largest absolute Gasteiger partial charge is 0.396 e. The number of nitrogen functional groups attached to an aromatic ring is 1. The van der Waals surface area contributed by atoms with E-state index in [1.807, 2.05) is 24.3 Å². The number of aromatic nitrogens is 2. The molecule has 0 fully saturated rings. The van der Waals surface area contributed by atoms with Crippen molar-refractivity contribution in [1.82, 2.24) is 20.7 Å². The molecule has 0 unspecified atom stereocenters. The Morgan fingerprint density at radius 3 is 2.89 bits per heavy atom. The van der Waals surface area contributed by atoms with Gasteiger partial charge in [-0.2, -0.15) is 5.10 Å². The van der Waals surface area contributed by atoms with E-state index >= 15 is 0 Å². The van der Waals surface area contributed by atoms with Gasteiger partial charge in [0.15, 0.2) is 0 Å². The van der Waals surface area contributed by atoms with E-state index in [1.165, 1.54) is 7.05 Å². The van der Waals surface area contributed by atoms with Gasteiger partial charge in [0.1, 0.15) is 5.82 Å². The molecule has 0 aliphatic rings. The van der Waals surface area contributed by atoms with Crippen LogP contribution in [0, 0.1) is 0 Å². The Labute approximate surface area is 156 Å². The third kappa shape index (κ3) is 4.49. The summed E-state index contributed by atoms with van der Waals surface area (Å²) in [5, 5.41) is 10.8. The average molecular weight is 363 g/mol. The predicted octanol–water partition coefficient (Wildman–Crippen LogP) is 2.48. The lowest BCUT2D eigenvalue weighted by atomic mass is 10.1. The molecule has 3 rings (SSSR count). The smallest absolute Gasteiger partial charge is 0.334 e. The fraction of sp³-hybridized carbons (Fsp3) is 0.158. The van der Waals surface area contributed by atoms with Crippen LogP contribution >= 0.6 is 0 Å². The highest BCUT2D eigenvalue weighted by Crippen LogP contribution is 2.19. The monoisotopic (exact) mass is 363 g/mol. The average Bonchev–Trinajstić information content (AvgIpc) is 2.70. The lowest BCUT2D eigenvalue weighted by Gasteiger charge is -2.11. The molecule has 27 heavy (non-hydrogen) atoms. The van der Waals surface area contributed by atoms with Crippen molar-refractivity contribution in [3.63, 3.8) is 0 Å². The maximum absolute atomic E-state index is 11.2. The predicted molar refractivity (Wildman–Crippen MR) is 108 cm³/mol. The van der Waals surface area contributed by atoms with Gasteiger partial charge in [0.25, 0.3) is 0 Å². The molecule has 2 amide bonds. The number of nitrogens with two attached hydrogens (primary N) is 1. The second-order valence-electron chi connectivity index (χ2n) is 5.91. The first-order chi connectivity index (χ1) is 13.1. The summed E-state index contributed by atoms with van der Waals surface area (Å²) in [5.74, 6) is 0.563. The second-order valence-corrected chi connectivity index (χ2v) is 5.91. The molecule has 0 bridgehead atoms. The summed E-state index contributed by atoms with van der Waals surface area (Å²) in [6.45, 7) is 2.33. The van der Waals surface area contributed by atoms with Gasteiger partial charge in [-0.05, 0) is 42.8 Å². The normalized spacial score (nSPS) is 11.3. The van der Waals surface area contributed by atoms with Crippen LogP contribution in [0.3, 0.4) is 0 Å². The highest BCUT2D eigenvalue weighted by Gasteiger charge is 2.07. The number of hydrogen-bond donors (Lipinski definition) is 4. The number of pyridine rings is 2. The summed E-state index contributed by atoms with van der Waals surface area (Å²) in [7, 11) is 1.52. The Kier molecular flexibility index (Phi) is 5.46. The van der Waals surface area contributed by atoms with E-state index < -0.39 is 6.03 Å². The van der Waals surface area contributed by atoms with Crippen LogP contribution in [0.2, 0.25) is 0 Å². The summed E-state index contributed by atoms with van der Waals surface area (Å²) < 4.78 is 0. The Hall–Kier alpha value is -3.68. The third-order valence-electron chi connectivity index (χ3n) is 3.98. The van der Waals surface area contributed by atoms with Gasteiger partial charge in [0.05, 0.1) is 22.6 Å². The molecule has 2 aromatic heterocycles. The number of nitrogens with zero attached hydrogens (tertiary/aromatic N) is 3. The van der Waals surface area contributed by atoms with Gasteiger partial charge in [-0.25, -0.2) is 15.2 Å². The zero-order valence-electron chi connectivity index (χ0n) is 15.2. The number of rotatable bonds is 5. The molecule has 5 N–H and O–H groups in total. The quantitative estimate of drug-likeness (QED) is 0.410. The molecule has 8 nitrogen and oxygen atoms in total. The van der Waals surface area contributed by atoms with Crippen molar-refractivity contribution in [3.05, 3.63) is 59.9 Å². The van der Waals surface area contributed by atoms with E-state index in [4.69, 9.17) is 5.73 Å². The van der Waals surface area contributed by atoms with Gasteiger partial charge >= 0.3 is 6.03 Å². The van der Waals surface area contributed by atoms with E-state index in [2.05, 4.69) is 37.2 Å². The standard InChI is InChI=1S/C19H21N7O/c1-12(25-26-19(27)21-2)16-8-6-15(20)18(24-16)23-11-13-5-7-17-14(10-13)4-3-9-22-17/h3-10H,11,20H2,1-2H3,(H,23,24)(H2,21,26,27).